The standard InChI is InChI=1S/C14H12BrNO3/c1-16(8-13(17)18)14(19)11-6-2-5-10-9(11)4-3-7-12(10)15/h2-7H,8H2,1H3,(H,17,18). The molecule has 0 unspecified atom stereocenters. The second kappa shape index (κ2) is 5.40. The minimum atomic E-state index is -1.03. The van der Waals surface area contributed by atoms with Crippen molar-refractivity contribution in [3.63, 3.8) is 0 Å². The summed E-state index contributed by atoms with van der Waals surface area (Å²) in [6.07, 6.45) is 0. The first-order valence-corrected chi connectivity index (χ1v) is 6.44. The number of carboxylic acids is 1. The number of carbonyl (C=O) groups is 2. The van der Waals surface area contributed by atoms with Gasteiger partial charge in [0.05, 0.1) is 0 Å². The fourth-order valence-electron chi connectivity index (χ4n) is 1.94. The molecule has 0 aromatic heterocycles. The maximum atomic E-state index is 12.3. The van der Waals surface area contributed by atoms with E-state index in [1.54, 1.807) is 12.1 Å². The number of aliphatic carboxylic acids is 1. The first kappa shape index (κ1) is 13.5. The van der Waals surface area contributed by atoms with Crippen LogP contribution in [0.2, 0.25) is 0 Å². The SMILES string of the molecule is CN(CC(=O)O)C(=O)c1cccc2c(Br)cccc12. The zero-order valence-corrected chi connectivity index (χ0v) is 11.8. The van der Waals surface area contributed by atoms with Crippen molar-refractivity contribution in [3.8, 4) is 0 Å². The van der Waals surface area contributed by atoms with E-state index in [1.165, 1.54) is 11.9 Å². The second-order valence-electron chi connectivity index (χ2n) is 4.20. The van der Waals surface area contributed by atoms with Crippen molar-refractivity contribution in [1.29, 1.82) is 0 Å². The van der Waals surface area contributed by atoms with Crippen LogP contribution in [-0.4, -0.2) is 35.5 Å². The minimum absolute atomic E-state index is 0.300. The summed E-state index contributed by atoms with van der Waals surface area (Å²) in [5.41, 5.74) is 0.502. The van der Waals surface area contributed by atoms with Crippen molar-refractivity contribution >= 4 is 38.6 Å². The molecular weight excluding hydrogens is 310 g/mol. The van der Waals surface area contributed by atoms with Gasteiger partial charge in [0, 0.05) is 17.1 Å². The molecule has 2 aromatic carbocycles. The van der Waals surface area contributed by atoms with Crippen LogP contribution in [-0.2, 0) is 4.79 Å². The summed E-state index contributed by atoms with van der Waals surface area (Å²) in [5.74, 6) is -1.33. The fourth-order valence-corrected chi connectivity index (χ4v) is 2.44. The van der Waals surface area contributed by atoms with Crippen LogP contribution in [0.4, 0.5) is 0 Å². The van der Waals surface area contributed by atoms with Gasteiger partial charge in [-0.3, -0.25) is 9.59 Å². The van der Waals surface area contributed by atoms with Crippen LogP contribution < -0.4 is 0 Å². The van der Waals surface area contributed by atoms with Gasteiger partial charge in [-0.15, -0.1) is 0 Å². The molecule has 0 fully saturated rings. The molecule has 2 aromatic rings. The predicted molar refractivity (Wildman–Crippen MR) is 76.2 cm³/mol. The van der Waals surface area contributed by atoms with Gasteiger partial charge in [-0.1, -0.05) is 40.2 Å². The fraction of sp³-hybridized carbons (Fsp3) is 0.143. The Labute approximate surface area is 118 Å². The van der Waals surface area contributed by atoms with Gasteiger partial charge < -0.3 is 10.0 Å². The van der Waals surface area contributed by atoms with Gasteiger partial charge >= 0.3 is 5.97 Å². The Morgan fingerprint density at radius 2 is 1.79 bits per heavy atom. The summed E-state index contributed by atoms with van der Waals surface area (Å²) >= 11 is 3.44. The lowest BCUT2D eigenvalue weighted by molar-refractivity contribution is -0.137. The number of hydrogen-bond donors (Lipinski definition) is 1. The molecule has 0 aliphatic carbocycles. The molecule has 2 rings (SSSR count). The van der Waals surface area contributed by atoms with Crippen molar-refractivity contribution in [2.24, 2.45) is 0 Å². The van der Waals surface area contributed by atoms with Crippen LogP contribution in [0.1, 0.15) is 10.4 Å². The van der Waals surface area contributed by atoms with Gasteiger partial charge in [-0.05, 0) is 22.9 Å². The quantitative estimate of drug-likeness (QED) is 0.945. The third-order valence-corrected chi connectivity index (χ3v) is 3.51. The van der Waals surface area contributed by atoms with Crippen LogP contribution >= 0.6 is 15.9 Å². The minimum Gasteiger partial charge on any atom is -0.480 e. The van der Waals surface area contributed by atoms with E-state index in [9.17, 15) is 9.59 Å². The highest BCUT2D eigenvalue weighted by molar-refractivity contribution is 9.10. The smallest absolute Gasteiger partial charge is 0.323 e. The summed E-state index contributed by atoms with van der Waals surface area (Å²) in [7, 11) is 1.48. The van der Waals surface area contributed by atoms with E-state index < -0.39 is 5.97 Å². The number of carbonyl (C=O) groups excluding carboxylic acids is 1. The zero-order chi connectivity index (χ0) is 14.0. The molecule has 0 saturated heterocycles. The van der Waals surface area contributed by atoms with Crippen molar-refractivity contribution < 1.29 is 14.7 Å². The average Bonchev–Trinajstić information content (AvgIpc) is 2.37. The molecule has 0 aliphatic heterocycles. The molecule has 4 nitrogen and oxygen atoms in total. The van der Waals surface area contributed by atoms with Gasteiger partial charge in [0.2, 0.25) is 0 Å². The molecule has 0 heterocycles. The lowest BCUT2D eigenvalue weighted by atomic mass is 10.0. The van der Waals surface area contributed by atoms with E-state index in [4.69, 9.17) is 5.11 Å². The van der Waals surface area contributed by atoms with Crippen molar-refractivity contribution in [2.75, 3.05) is 13.6 Å². The molecule has 98 valence electrons. The van der Waals surface area contributed by atoms with Crippen molar-refractivity contribution in [3.05, 3.63) is 46.4 Å². The van der Waals surface area contributed by atoms with E-state index >= 15 is 0 Å². The largest absolute Gasteiger partial charge is 0.480 e. The number of fused-ring (bicyclic) bond motifs is 1. The highest BCUT2D eigenvalue weighted by Gasteiger charge is 2.16. The summed E-state index contributed by atoms with van der Waals surface area (Å²) < 4.78 is 0.903. The van der Waals surface area contributed by atoms with Crippen LogP contribution in [0.5, 0.6) is 0 Å². The highest BCUT2D eigenvalue weighted by atomic mass is 79.9. The Morgan fingerprint density at radius 3 is 2.47 bits per heavy atom. The average molecular weight is 322 g/mol. The Bertz CT molecular complexity index is 654. The zero-order valence-electron chi connectivity index (χ0n) is 10.3. The molecule has 0 aliphatic rings. The van der Waals surface area contributed by atoms with Gasteiger partial charge in [-0.2, -0.15) is 0 Å². The molecule has 19 heavy (non-hydrogen) atoms. The van der Waals surface area contributed by atoms with Gasteiger partial charge in [0.1, 0.15) is 6.54 Å². The van der Waals surface area contributed by atoms with E-state index in [0.29, 0.717) is 5.56 Å². The monoisotopic (exact) mass is 321 g/mol. The number of hydrogen-bond acceptors (Lipinski definition) is 2. The summed E-state index contributed by atoms with van der Waals surface area (Å²) in [5, 5.41) is 10.5. The first-order valence-electron chi connectivity index (χ1n) is 5.65. The molecule has 0 bridgehead atoms. The van der Waals surface area contributed by atoms with E-state index in [1.807, 2.05) is 24.3 Å². The number of rotatable bonds is 3. The summed E-state index contributed by atoms with van der Waals surface area (Å²) in [6.45, 7) is -0.316. The van der Waals surface area contributed by atoms with Crippen molar-refractivity contribution in [2.45, 2.75) is 0 Å². The first-order chi connectivity index (χ1) is 9.00. The van der Waals surface area contributed by atoms with Crippen LogP contribution in [0.3, 0.4) is 0 Å². The molecule has 5 heteroatoms. The molecular formula is C14H12BrNO3. The van der Waals surface area contributed by atoms with E-state index in [-0.39, 0.29) is 12.5 Å². The molecule has 1 amide bonds. The predicted octanol–water partition coefficient (Wildman–Crippen LogP) is 2.76. The van der Waals surface area contributed by atoms with E-state index in [2.05, 4.69) is 15.9 Å². The Kier molecular flexibility index (Phi) is 3.85. The maximum Gasteiger partial charge on any atom is 0.323 e. The van der Waals surface area contributed by atoms with Gasteiger partial charge in [0.25, 0.3) is 5.91 Å². The van der Waals surface area contributed by atoms with Gasteiger partial charge in [-0.25, -0.2) is 0 Å². The lowest BCUT2D eigenvalue weighted by Gasteiger charge is -2.16. The third-order valence-electron chi connectivity index (χ3n) is 2.82. The molecule has 0 atom stereocenters. The molecule has 1 N–H and O–H groups in total. The number of nitrogens with zero attached hydrogens (tertiary/aromatic N) is 1. The lowest BCUT2D eigenvalue weighted by Crippen LogP contribution is -2.32. The van der Waals surface area contributed by atoms with Crippen molar-refractivity contribution in [1.82, 2.24) is 4.90 Å². The molecule has 0 spiro atoms. The second-order valence-corrected chi connectivity index (χ2v) is 5.05. The third kappa shape index (κ3) is 2.76. The summed E-state index contributed by atoms with van der Waals surface area (Å²) in [6, 6.07) is 11.0. The van der Waals surface area contributed by atoms with Crippen LogP contribution in [0, 0.1) is 0 Å². The normalized spacial score (nSPS) is 10.4. The molecule has 0 radical (unpaired) electrons. The Morgan fingerprint density at radius 1 is 1.16 bits per heavy atom. The number of benzene rings is 2. The topological polar surface area (TPSA) is 57.6 Å². The highest BCUT2D eigenvalue weighted by Crippen LogP contribution is 2.26. The summed E-state index contributed by atoms with van der Waals surface area (Å²) in [4.78, 5) is 24.1. The Hall–Kier alpha value is -1.88. The number of halogens is 1. The molecule has 0 saturated carbocycles. The van der Waals surface area contributed by atoms with E-state index in [0.717, 1.165) is 15.2 Å². The maximum absolute atomic E-state index is 12.3. The Balaban J connectivity index is 2.48. The number of carboxylic acid groups (broad SMARTS) is 1. The number of likely N-dealkylation sites (N-methyl/N-ethyl adjacent to an activating group) is 1. The number of amides is 1. The van der Waals surface area contributed by atoms with Crippen LogP contribution in [0.15, 0.2) is 40.9 Å². The van der Waals surface area contributed by atoms with Gasteiger partial charge in [0.15, 0.2) is 0 Å². The van der Waals surface area contributed by atoms with Crippen LogP contribution in [0.25, 0.3) is 10.8 Å².